The molecular weight excluding hydrogens is 400 g/mol. The summed E-state index contributed by atoms with van der Waals surface area (Å²) in [6.45, 7) is 3.65. The van der Waals surface area contributed by atoms with Crippen molar-refractivity contribution in [2.45, 2.75) is 19.9 Å². The van der Waals surface area contributed by atoms with Crippen LogP contribution in [-0.4, -0.2) is 18.4 Å². The lowest BCUT2D eigenvalue weighted by Gasteiger charge is -2.16. The predicted molar refractivity (Wildman–Crippen MR) is 119 cm³/mol. The molecule has 0 spiro atoms. The van der Waals surface area contributed by atoms with Crippen molar-refractivity contribution in [3.8, 4) is 5.75 Å². The lowest BCUT2D eigenvalue weighted by Crippen LogP contribution is -2.31. The number of anilines is 1. The van der Waals surface area contributed by atoms with Crippen LogP contribution in [0, 0.1) is 6.92 Å². The van der Waals surface area contributed by atoms with Crippen molar-refractivity contribution in [1.29, 1.82) is 0 Å². The van der Waals surface area contributed by atoms with Crippen molar-refractivity contribution in [2.75, 3.05) is 11.9 Å². The van der Waals surface area contributed by atoms with E-state index < -0.39 is 0 Å². The summed E-state index contributed by atoms with van der Waals surface area (Å²) in [4.78, 5) is 24.6. The predicted octanol–water partition coefficient (Wildman–Crippen LogP) is 5.16. The van der Waals surface area contributed by atoms with Crippen LogP contribution >= 0.6 is 11.6 Å². The Morgan fingerprint density at radius 1 is 1.00 bits per heavy atom. The third-order valence-electron chi connectivity index (χ3n) is 4.56. The molecule has 3 rings (SSSR count). The molecule has 5 nitrogen and oxygen atoms in total. The fourth-order valence-corrected chi connectivity index (χ4v) is 3.02. The Hall–Kier alpha value is -3.31. The number of hydrogen-bond acceptors (Lipinski definition) is 3. The molecule has 0 saturated heterocycles. The highest BCUT2D eigenvalue weighted by atomic mass is 35.5. The first-order chi connectivity index (χ1) is 14.4. The molecule has 1 unspecified atom stereocenters. The number of carbonyl (C=O) groups is 2. The molecule has 2 amide bonds. The lowest BCUT2D eigenvalue weighted by atomic mass is 10.1. The van der Waals surface area contributed by atoms with Crippen molar-refractivity contribution >= 4 is 29.1 Å². The Morgan fingerprint density at radius 3 is 2.50 bits per heavy atom. The summed E-state index contributed by atoms with van der Waals surface area (Å²) in [6, 6.07) is 21.4. The van der Waals surface area contributed by atoms with Crippen molar-refractivity contribution in [3.63, 3.8) is 0 Å². The van der Waals surface area contributed by atoms with E-state index in [0.717, 1.165) is 11.1 Å². The summed E-state index contributed by atoms with van der Waals surface area (Å²) < 4.78 is 5.54. The number of rotatable bonds is 7. The van der Waals surface area contributed by atoms with E-state index in [-0.39, 0.29) is 24.5 Å². The van der Waals surface area contributed by atoms with Crippen molar-refractivity contribution < 1.29 is 14.3 Å². The highest BCUT2D eigenvalue weighted by Crippen LogP contribution is 2.21. The summed E-state index contributed by atoms with van der Waals surface area (Å²) in [5.74, 6) is 0.162. The molecule has 6 heteroatoms. The molecule has 3 aromatic rings. The van der Waals surface area contributed by atoms with Gasteiger partial charge in [0.2, 0.25) is 0 Å². The Balaban J connectivity index is 1.56. The Morgan fingerprint density at radius 2 is 1.77 bits per heavy atom. The van der Waals surface area contributed by atoms with Crippen LogP contribution in [0.25, 0.3) is 0 Å². The third-order valence-corrected chi connectivity index (χ3v) is 4.98. The van der Waals surface area contributed by atoms with Gasteiger partial charge in [0.05, 0.1) is 6.04 Å². The van der Waals surface area contributed by atoms with E-state index in [9.17, 15) is 9.59 Å². The first kappa shape index (κ1) is 21.4. The second-order valence-corrected chi connectivity index (χ2v) is 7.34. The number of carbonyl (C=O) groups excluding carboxylic acids is 2. The first-order valence-electron chi connectivity index (χ1n) is 9.57. The maximum Gasteiger partial charge on any atom is 0.258 e. The van der Waals surface area contributed by atoms with Gasteiger partial charge >= 0.3 is 0 Å². The second kappa shape index (κ2) is 9.94. The van der Waals surface area contributed by atoms with Crippen LogP contribution in [-0.2, 0) is 4.79 Å². The number of aryl methyl sites for hydroxylation is 1. The van der Waals surface area contributed by atoms with Gasteiger partial charge in [-0.3, -0.25) is 9.59 Å². The van der Waals surface area contributed by atoms with Crippen LogP contribution in [0.2, 0.25) is 5.02 Å². The fraction of sp³-hybridized carbons (Fsp3) is 0.167. The lowest BCUT2D eigenvalue weighted by molar-refractivity contribution is -0.123. The molecule has 30 heavy (non-hydrogen) atoms. The van der Waals surface area contributed by atoms with Gasteiger partial charge in [-0.1, -0.05) is 41.9 Å². The number of amides is 2. The molecule has 0 aromatic heterocycles. The highest BCUT2D eigenvalue weighted by molar-refractivity contribution is 6.31. The molecular formula is C24H23ClN2O3. The van der Waals surface area contributed by atoms with E-state index in [1.54, 1.807) is 30.3 Å². The standard InChI is InChI=1S/C24H23ClN2O3/c1-16-13-21(11-12-22(16)25)30-15-23(28)26-17(2)19-9-6-10-20(14-19)27-24(29)18-7-4-3-5-8-18/h3-14,17H,15H2,1-2H3,(H,26,28)(H,27,29). The van der Waals surface area contributed by atoms with Gasteiger partial charge in [0.1, 0.15) is 5.75 Å². The Kier molecular flexibility index (Phi) is 7.09. The summed E-state index contributed by atoms with van der Waals surface area (Å²) in [7, 11) is 0. The molecule has 0 saturated carbocycles. The van der Waals surface area contributed by atoms with Crippen LogP contribution in [0.3, 0.4) is 0 Å². The normalized spacial score (nSPS) is 11.4. The quantitative estimate of drug-likeness (QED) is 0.552. The maximum absolute atomic E-state index is 12.3. The number of nitrogens with one attached hydrogen (secondary N) is 2. The van der Waals surface area contributed by atoms with Crippen LogP contribution in [0.15, 0.2) is 72.8 Å². The van der Waals surface area contributed by atoms with Crippen molar-refractivity contribution in [2.24, 2.45) is 0 Å². The zero-order chi connectivity index (χ0) is 21.5. The molecule has 0 fully saturated rings. The monoisotopic (exact) mass is 422 g/mol. The average Bonchev–Trinajstić information content (AvgIpc) is 2.75. The van der Waals surface area contributed by atoms with Gasteiger partial charge in [-0.2, -0.15) is 0 Å². The van der Waals surface area contributed by atoms with E-state index >= 15 is 0 Å². The second-order valence-electron chi connectivity index (χ2n) is 6.93. The van der Waals surface area contributed by atoms with Crippen LogP contribution in [0.5, 0.6) is 5.75 Å². The smallest absolute Gasteiger partial charge is 0.258 e. The van der Waals surface area contributed by atoms with Crippen LogP contribution in [0.4, 0.5) is 5.69 Å². The van der Waals surface area contributed by atoms with E-state index in [0.29, 0.717) is 22.0 Å². The average molecular weight is 423 g/mol. The highest BCUT2D eigenvalue weighted by Gasteiger charge is 2.12. The first-order valence-corrected chi connectivity index (χ1v) is 9.95. The molecule has 0 radical (unpaired) electrons. The molecule has 3 aromatic carbocycles. The summed E-state index contributed by atoms with van der Waals surface area (Å²) in [5, 5.41) is 6.43. The number of benzene rings is 3. The van der Waals surface area contributed by atoms with Gasteiger partial charge in [-0.25, -0.2) is 0 Å². The molecule has 154 valence electrons. The third kappa shape index (κ3) is 5.84. The van der Waals surface area contributed by atoms with Gasteiger partial charge in [0.25, 0.3) is 11.8 Å². The summed E-state index contributed by atoms with van der Waals surface area (Å²) >= 11 is 6.00. The van der Waals surface area contributed by atoms with Gasteiger partial charge in [0, 0.05) is 16.3 Å². The van der Waals surface area contributed by atoms with Gasteiger partial charge in [-0.15, -0.1) is 0 Å². The van der Waals surface area contributed by atoms with Crippen molar-refractivity contribution in [3.05, 3.63) is 94.5 Å². The van der Waals surface area contributed by atoms with Gasteiger partial charge in [-0.05, 0) is 67.4 Å². The minimum absolute atomic E-state index is 0.101. The van der Waals surface area contributed by atoms with E-state index in [2.05, 4.69) is 10.6 Å². The molecule has 0 aliphatic heterocycles. The molecule has 1 atom stereocenters. The molecule has 0 aliphatic carbocycles. The zero-order valence-electron chi connectivity index (χ0n) is 16.8. The summed E-state index contributed by atoms with van der Waals surface area (Å²) in [5.41, 5.74) is 3.00. The fourth-order valence-electron chi connectivity index (χ4n) is 2.90. The van der Waals surface area contributed by atoms with E-state index in [1.807, 2.05) is 56.3 Å². The van der Waals surface area contributed by atoms with Crippen molar-refractivity contribution in [1.82, 2.24) is 5.32 Å². The summed E-state index contributed by atoms with van der Waals surface area (Å²) in [6.07, 6.45) is 0. The molecule has 0 heterocycles. The number of hydrogen-bond donors (Lipinski definition) is 2. The Labute approximate surface area is 181 Å². The molecule has 0 aliphatic rings. The maximum atomic E-state index is 12.3. The van der Waals surface area contributed by atoms with Crippen LogP contribution in [0.1, 0.15) is 34.5 Å². The molecule has 2 N–H and O–H groups in total. The Bertz CT molecular complexity index is 1040. The number of halogens is 1. The minimum Gasteiger partial charge on any atom is -0.484 e. The molecule has 0 bridgehead atoms. The largest absolute Gasteiger partial charge is 0.484 e. The SMILES string of the molecule is Cc1cc(OCC(=O)NC(C)c2cccc(NC(=O)c3ccccc3)c2)ccc1Cl. The van der Waals surface area contributed by atoms with Crippen LogP contribution < -0.4 is 15.4 Å². The van der Waals surface area contributed by atoms with Gasteiger partial charge < -0.3 is 15.4 Å². The number of ether oxygens (including phenoxy) is 1. The minimum atomic E-state index is -0.248. The zero-order valence-corrected chi connectivity index (χ0v) is 17.6. The van der Waals surface area contributed by atoms with E-state index in [1.165, 1.54) is 0 Å². The topological polar surface area (TPSA) is 67.4 Å². The van der Waals surface area contributed by atoms with Gasteiger partial charge in [0.15, 0.2) is 6.61 Å². The van der Waals surface area contributed by atoms with E-state index in [4.69, 9.17) is 16.3 Å².